The highest BCUT2D eigenvalue weighted by Gasteiger charge is 2.13. The second-order valence-electron chi connectivity index (χ2n) is 3.64. The standard InChI is InChI=1S/C9H12N4S2/c1-4(2)8-10-5(3)6(15-8)7-11-9(14)13-12-7/h4H,1-3H3,(H2,11,12,13,14). The molecule has 2 aromatic heterocycles. The Labute approximate surface area is 96.8 Å². The second-order valence-corrected chi connectivity index (χ2v) is 5.05. The molecule has 0 fully saturated rings. The van der Waals surface area contributed by atoms with Gasteiger partial charge in [0.05, 0.1) is 15.6 Å². The van der Waals surface area contributed by atoms with E-state index in [2.05, 4.69) is 34.0 Å². The molecule has 6 heteroatoms. The van der Waals surface area contributed by atoms with Gasteiger partial charge < -0.3 is 0 Å². The fraction of sp³-hybridized carbons (Fsp3) is 0.444. The lowest BCUT2D eigenvalue weighted by Gasteiger charge is -1.94. The van der Waals surface area contributed by atoms with Gasteiger partial charge in [-0.1, -0.05) is 13.8 Å². The quantitative estimate of drug-likeness (QED) is 0.793. The second kappa shape index (κ2) is 3.86. The third-order valence-corrected chi connectivity index (χ3v) is 3.68. The molecular weight excluding hydrogens is 228 g/mol. The zero-order chi connectivity index (χ0) is 11.0. The summed E-state index contributed by atoms with van der Waals surface area (Å²) < 4.78 is 0.476. The molecule has 0 unspecified atom stereocenters. The third-order valence-electron chi connectivity index (χ3n) is 2.02. The summed E-state index contributed by atoms with van der Waals surface area (Å²) in [7, 11) is 0. The summed E-state index contributed by atoms with van der Waals surface area (Å²) in [5.41, 5.74) is 1.00. The molecule has 2 N–H and O–H groups in total. The van der Waals surface area contributed by atoms with E-state index < -0.39 is 0 Å². The maximum absolute atomic E-state index is 4.92. The summed E-state index contributed by atoms with van der Waals surface area (Å²) in [6.07, 6.45) is 0. The van der Waals surface area contributed by atoms with Crippen molar-refractivity contribution >= 4 is 23.6 Å². The Hall–Kier alpha value is -1.01. The van der Waals surface area contributed by atoms with Crippen molar-refractivity contribution in [3.8, 4) is 10.7 Å². The zero-order valence-corrected chi connectivity index (χ0v) is 10.4. The number of rotatable bonds is 2. The zero-order valence-electron chi connectivity index (χ0n) is 8.79. The van der Waals surface area contributed by atoms with Gasteiger partial charge in [0.15, 0.2) is 5.82 Å². The van der Waals surface area contributed by atoms with Gasteiger partial charge in [-0.05, 0) is 19.1 Å². The first-order valence-electron chi connectivity index (χ1n) is 4.70. The van der Waals surface area contributed by atoms with Crippen molar-refractivity contribution in [1.29, 1.82) is 0 Å². The van der Waals surface area contributed by atoms with Crippen molar-refractivity contribution in [1.82, 2.24) is 20.2 Å². The number of H-pyrrole nitrogens is 2. The van der Waals surface area contributed by atoms with Crippen LogP contribution in [0.5, 0.6) is 0 Å². The molecule has 0 aliphatic rings. The molecule has 0 atom stereocenters. The van der Waals surface area contributed by atoms with E-state index in [-0.39, 0.29) is 0 Å². The van der Waals surface area contributed by atoms with Crippen molar-refractivity contribution in [2.75, 3.05) is 0 Å². The van der Waals surface area contributed by atoms with Crippen LogP contribution in [-0.2, 0) is 0 Å². The minimum absolute atomic E-state index is 0.448. The van der Waals surface area contributed by atoms with Crippen molar-refractivity contribution in [2.24, 2.45) is 0 Å². The average Bonchev–Trinajstić information content (AvgIpc) is 2.71. The highest BCUT2D eigenvalue weighted by molar-refractivity contribution is 7.71. The molecule has 0 aliphatic carbocycles. The molecule has 2 rings (SSSR count). The number of thiazole rings is 1. The Balaban J connectivity index is 2.49. The van der Waals surface area contributed by atoms with E-state index in [1.165, 1.54) is 0 Å². The minimum atomic E-state index is 0.448. The maximum atomic E-state index is 4.92. The highest BCUT2D eigenvalue weighted by atomic mass is 32.1. The van der Waals surface area contributed by atoms with E-state index >= 15 is 0 Å². The number of nitrogens with one attached hydrogen (secondary N) is 2. The number of aromatic amines is 2. The van der Waals surface area contributed by atoms with Gasteiger partial charge in [-0.2, -0.15) is 4.98 Å². The topological polar surface area (TPSA) is 57.4 Å². The van der Waals surface area contributed by atoms with Gasteiger partial charge in [0, 0.05) is 5.92 Å². The first-order valence-corrected chi connectivity index (χ1v) is 5.92. The largest absolute Gasteiger partial charge is 0.281 e. The molecule has 0 aromatic carbocycles. The van der Waals surface area contributed by atoms with Crippen LogP contribution < -0.4 is 0 Å². The van der Waals surface area contributed by atoms with Gasteiger partial charge in [-0.25, -0.2) is 4.98 Å². The van der Waals surface area contributed by atoms with Crippen LogP contribution >= 0.6 is 23.6 Å². The summed E-state index contributed by atoms with van der Waals surface area (Å²) >= 11 is 6.58. The Bertz CT molecular complexity index is 520. The molecule has 15 heavy (non-hydrogen) atoms. The van der Waals surface area contributed by atoms with Crippen LogP contribution in [0.3, 0.4) is 0 Å². The van der Waals surface area contributed by atoms with Crippen molar-refractivity contribution < 1.29 is 0 Å². The smallest absolute Gasteiger partial charge is 0.213 e. The van der Waals surface area contributed by atoms with Gasteiger partial charge in [0.1, 0.15) is 0 Å². The Morgan fingerprint density at radius 1 is 1.27 bits per heavy atom. The predicted octanol–water partition coefficient (Wildman–Crippen LogP) is 3.02. The lowest BCUT2D eigenvalue weighted by atomic mass is 10.2. The van der Waals surface area contributed by atoms with Crippen molar-refractivity contribution in [2.45, 2.75) is 26.7 Å². The lowest BCUT2D eigenvalue weighted by molar-refractivity contribution is 0.847. The Kier molecular flexibility index (Phi) is 2.70. The van der Waals surface area contributed by atoms with Gasteiger partial charge in [-0.3, -0.25) is 10.2 Å². The number of aryl methyl sites for hydroxylation is 1. The van der Waals surface area contributed by atoms with Crippen LogP contribution in [0.25, 0.3) is 10.7 Å². The normalized spacial score (nSPS) is 11.2. The molecule has 0 saturated heterocycles. The summed E-state index contributed by atoms with van der Waals surface area (Å²) in [6.45, 7) is 6.26. The first kappa shape index (κ1) is 10.5. The molecule has 0 spiro atoms. The van der Waals surface area contributed by atoms with E-state index in [0.29, 0.717) is 10.7 Å². The Morgan fingerprint density at radius 2 is 2.00 bits per heavy atom. The number of nitrogens with zero attached hydrogens (tertiary/aromatic N) is 2. The minimum Gasteiger partial charge on any atom is -0.281 e. The van der Waals surface area contributed by atoms with Crippen LogP contribution in [0.15, 0.2) is 0 Å². The molecular formula is C9H12N4S2. The number of aromatic nitrogens is 4. The summed E-state index contributed by atoms with van der Waals surface area (Å²) in [4.78, 5) is 9.76. The maximum Gasteiger partial charge on any atom is 0.213 e. The van der Waals surface area contributed by atoms with Gasteiger partial charge >= 0.3 is 0 Å². The van der Waals surface area contributed by atoms with Crippen LogP contribution in [-0.4, -0.2) is 20.2 Å². The molecule has 2 aromatic rings. The van der Waals surface area contributed by atoms with Crippen LogP contribution in [0.2, 0.25) is 0 Å². The number of hydrogen-bond acceptors (Lipinski definition) is 4. The fourth-order valence-electron chi connectivity index (χ4n) is 1.26. The van der Waals surface area contributed by atoms with E-state index in [0.717, 1.165) is 21.4 Å². The molecule has 0 amide bonds. The van der Waals surface area contributed by atoms with Gasteiger partial charge in [-0.15, -0.1) is 11.3 Å². The van der Waals surface area contributed by atoms with Gasteiger partial charge in [0.2, 0.25) is 4.77 Å². The molecule has 0 bridgehead atoms. The molecule has 80 valence electrons. The van der Waals surface area contributed by atoms with E-state index in [1.54, 1.807) is 11.3 Å². The molecule has 2 heterocycles. The lowest BCUT2D eigenvalue weighted by Crippen LogP contribution is -1.84. The molecule has 0 radical (unpaired) electrons. The van der Waals surface area contributed by atoms with Crippen molar-refractivity contribution in [3.05, 3.63) is 15.5 Å². The highest BCUT2D eigenvalue weighted by Crippen LogP contribution is 2.30. The average molecular weight is 240 g/mol. The van der Waals surface area contributed by atoms with Crippen LogP contribution in [0.1, 0.15) is 30.5 Å². The number of hydrogen-bond donors (Lipinski definition) is 2. The molecule has 4 nitrogen and oxygen atoms in total. The first-order chi connectivity index (χ1) is 7.08. The van der Waals surface area contributed by atoms with E-state index in [9.17, 15) is 0 Å². The fourth-order valence-corrected chi connectivity index (χ4v) is 2.42. The molecule has 0 aliphatic heterocycles. The third kappa shape index (κ3) is 2.00. The summed E-state index contributed by atoms with van der Waals surface area (Å²) in [6, 6.07) is 0. The summed E-state index contributed by atoms with van der Waals surface area (Å²) in [5.74, 6) is 1.23. The van der Waals surface area contributed by atoms with E-state index in [4.69, 9.17) is 12.2 Å². The van der Waals surface area contributed by atoms with Crippen molar-refractivity contribution in [3.63, 3.8) is 0 Å². The summed E-state index contributed by atoms with van der Waals surface area (Å²) in [5, 5.41) is 6.86. The predicted molar refractivity (Wildman–Crippen MR) is 63.7 cm³/mol. The molecule has 0 saturated carbocycles. The van der Waals surface area contributed by atoms with E-state index in [1.807, 2.05) is 6.92 Å². The monoisotopic (exact) mass is 240 g/mol. The SMILES string of the molecule is Cc1nc(C(C)C)sc1-c1nc(=S)[nH][nH]1. The van der Waals surface area contributed by atoms with Crippen LogP contribution in [0, 0.1) is 11.7 Å². The van der Waals surface area contributed by atoms with Gasteiger partial charge in [0.25, 0.3) is 0 Å². The Morgan fingerprint density at radius 3 is 2.47 bits per heavy atom. The van der Waals surface area contributed by atoms with Crippen LogP contribution in [0.4, 0.5) is 0 Å².